The zero-order valence-electron chi connectivity index (χ0n) is 8.69. The highest BCUT2D eigenvalue weighted by Gasteiger charge is 2.06. The molecule has 0 N–H and O–H groups in total. The highest BCUT2D eigenvalue weighted by atomic mass is 79.9. The molecule has 2 aromatic carbocycles. The molecule has 0 unspecified atom stereocenters. The molecule has 0 saturated heterocycles. The van der Waals surface area contributed by atoms with Crippen molar-refractivity contribution >= 4 is 21.7 Å². The summed E-state index contributed by atoms with van der Waals surface area (Å²) in [7, 11) is 0. The van der Waals surface area contributed by atoms with Crippen molar-refractivity contribution in [1.29, 1.82) is 0 Å². The Morgan fingerprint density at radius 1 is 1.00 bits per heavy atom. The van der Waals surface area contributed by atoms with E-state index >= 15 is 0 Å². The number of rotatable bonds is 3. The quantitative estimate of drug-likeness (QED) is 0.777. The summed E-state index contributed by atoms with van der Waals surface area (Å²) in [5, 5.41) is 0. The second-order valence-electron chi connectivity index (χ2n) is 3.60. The summed E-state index contributed by atoms with van der Waals surface area (Å²) in [5.74, 6) is 0.152. The van der Waals surface area contributed by atoms with E-state index in [1.54, 1.807) is 0 Å². The topological polar surface area (TPSA) is 17.1 Å². The van der Waals surface area contributed by atoms with Gasteiger partial charge in [0.1, 0.15) is 0 Å². The SMILES string of the molecule is O=C(Cc1cccc(Br)c1)c1ccccc1. The van der Waals surface area contributed by atoms with Crippen molar-refractivity contribution in [1.82, 2.24) is 0 Å². The lowest BCUT2D eigenvalue weighted by Crippen LogP contribution is -2.02. The third kappa shape index (κ3) is 2.80. The molecule has 0 fully saturated rings. The lowest BCUT2D eigenvalue weighted by atomic mass is 10.0. The maximum Gasteiger partial charge on any atom is 0.167 e. The Bertz CT molecular complexity index is 491. The molecule has 0 aliphatic carbocycles. The summed E-state index contributed by atoms with van der Waals surface area (Å²) in [6.07, 6.45) is 0.448. The maximum atomic E-state index is 11.9. The van der Waals surface area contributed by atoms with Crippen LogP contribution in [0.25, 0.3) is 0 Å². The van der Waals surface area contributed by atoms with Gasteiger partial charge in [-0.15, -0.1) is 0 Å². The number of halogens is 1. The molecule has 1 nitrogen and oxygen atoms in total. The van der Waals surface area contributed by atoms with Crippen LogP contribution in [0.4, 0.5) is 0 Å². The second-order valence-corrected chi connectivity index (χ2v) is 4.51. The van der Waals surface area contributed by atoms with Gasteiger partial charge in [-0.1, -0.05) is 58.4 Å². The van der Waals surface area contributed by atoms with Crippen LogP contribution in [-0.4, -0.2) is 5.78 Å². The molecule has 0 bridgehead atoms. The van der Waals surface area contributed by atoms with E-state index in [1.807, 2.05) is 54.6 Å². The second kappa shape index (κ2) is 5.08. The van der Waals surface area contributed by atoms with E-state index in [0.717, 1.165) is 15.6 Å². The van der Waals surface area contributed by atoms with Gasteiger partial charge < -0.3 is 0 Å². The number of hydrogen-bond acceptors (Lipinski definition) is 1. The molecule has 0 aliphatic rings. The predicted octanol–water partition coefficient (Wildman–Crippen LogP) is 3.87. The third-order valence-corrected chi connectivity index (χ3v) is 2.84. The molecular formula is C14H11BrO. The summed E-state index contributed by atoms with van der Waals surface area (Å²) >= 11 is 3.40. The molecule has 0 amide bonds. The van der Waals surface area contributed by atoms with Crippen molar-refractivity contribution in [2.24, 2.45) is 0 Å². The molecule has 0 aromatic heterocycles. The first-order valence-electron chi connectivity index (χ1n) is 5.08. The first-order valence-corrected chi connectivity index (χ1v) is 5.88. The Balaban J connectivity index is 2.14. The largest absolute Gasteiger partial charge is 0.294 e. The highest BCUT2D eigenvalue weighted by Crippen LogP contribution is 2.13. The molecule has 2 rings (SSSR count). The van der Waals surface area contributed by atoms with E-state index in [-0.39, 0.29) is 5.78 Å². The van der Waals surface area contributed by atoms with Crippen molar-refractivity contribution < 1.29 is 4.79 Å². The zero-order valence-corrected chi connectivity index (χ0v) is 10.3. The minimum Gasteiger partial charge on any atom is -0.294 e. The Morgan fingerprint density at radius 2 is 1.75 bits per heavy atom. The molecule has 16 heavy (non-hydrogen) atoms. The van der Waals surface area contributed by atoms with Crippen LogP contribution < -0.4 is 0 Å². The van der Waals surface area contributed by atoms with Gasteiger partial charge in [-0.3, -0.25) is 4.79 Å². The zero-order chi connectivity index (χ0) is 11.4. The van der Waals surface area contributed by atoms with Crippen molar-refractivity contribution in [3.8, 4) is 0 Å². The molecule has 0 saturated carbocycles. The van der Waals surface area contributed by atoms with Gasteiger partial charge in [0.15, 0.2) is 5.78 Å². The third-order valence-electron chi connectivity index (χ3n) is 2.35. The standard InChI is InChI=1S/C14H11BrO/c15-13-8-4-5-11(9-13)10-14(16)12-6-2-1-3-7-12/h1-9H,10H2. The summed E-state index contributed by atoms with van der Waals surface area (Å²) < 4.78 is 1.01. The summed E-state index contributed by atoms with van der Waals surface area (Å²) in [6.45, 7) is 0. The van der Waals surface area contributed by atoms with Gasteiger partial charge in [0.2, 0.25) is 0 Å². The van der Waals surface area contributed by atoms with E-state index in [4.69, 9.17) is 0 Å². The lowest BCUT2D eigenvalue weighted by Gasteiger charge is -2.01. The summed E-state index contributed by atoms with van der Waals surface area (Å²) in [5.41, 5.74) is 1.80. The van der Waals surface area contributed by atoms with Crippen molar-refractivity contribution in [2.75, 3.05) is 0 Å². The minimum atomic E-state index is 0.152. The number of benzene rings is 2. The average molecular weight is 275 g/mol. The predicted molar refractivity (Wildman–Crippen MR) is 68.6 cm³/mol. The lowest BCUT2D eigenvalue weighted by molar-refractivity contribution is 0.0993. The van der Waals surface area contributed by atoms with Crippen molar-refractivity contribution in [3.63, 3.8) is 0 Å². The van der Waals surface area contributed by atoms with Crippen LogP contribution in [0.5, 0.6) is 0 Å². The molecule has 2 aromatic rings. The van der Waals surface area contributed by atoms with E-state index in [0.29, 0.717) is 6.42 Å². The van der Waals surface area contributed by atoms with Gasteiger partial charge >= 0.3 is 0 Å². The molecule has 0 atom stereocenters. The number of carbonyl (C=O) groups excluding carboxylic acids is 1. The van der Waals surface area contributed by atoms with Crippen LogP contribution in [0.1, 0.15) is 15.9 Å². The summed E-state index contributed by atoms with van der Waals surface area (Å²) in [6, 6.07) is 17.2. The molecule has 0 heterocycles. The van der Waals surface area contributed by atoms with Gasteiger partial charge in [0.25, 0.3) is 0 Å². The van der Waals surface area contributed by atoms with Crippen LogP contribution in [-0.2, 0) is 6.42 Å². The van der Waals surface area contributed by atoms with E-state index in [1.165, 1.54) is 0 Å². The normalized spacial score (nSPS) is 10.1. The summed E-state index contributed by atoms with van der Waals surface area (Å²) in [4.78, 5) is 11.9. The van der Waals surface area contributed by atoms with Gasteiger partial charge in [0, 0.05) is 16.5 Å². The van der Waals surface area contributed by atoms with Crippen LogP contribution in [0, 0.1) is 0 Å². The maximum absolute atomic E-state index is 11.9. The number of ketones is 1. The number of hydrogen-bond donors (Lipinski definition) is 0. The van der Waals surface area contributed by atoms with Gasteiger partial charge in [-0.2, -0.15) is 0 Å². The fourth-order valence-corrected chi connectivity index (χ4v) is 2.01. The average Bonchev–Trinajstić information content (AvgIpc) is 2.30. The van der Waals surface area contributed by atoms with Crippen LogP contribution in [0.15, 0.2) is 59.1 Å². The van der Waals surface area contributed by atoms with Gasteiger partial charge in [0.05, 0.1) is 0 Å². The van der Waals surface area contributed by atoms with Gasteiger partial charge in [-0.25, -0.2) is 0 Å². The minimum absolute atomic E-state index is 0.152. The first kappa shape index (κ1) is 11.1. The highest BCUT2D eigenvalue weighted by molar-refractivity contribution is 9.10. The Kier molecular flexibility index (Phi) is 3.52. The molecule has 0 aliphatic heterocycles. The Morgan fingerprint density at radius 3 is 2.44 bits per heavy atom. The van der Waals surface area contributed by atoms with Gasteiger partial charge in [-0.05, 0) is 17.7 Å². The Hall–Kier alpha value is -1.41. The van der Waals surface area contributed by atoms with Crippen LogP contribution >= 0.6 is 15.9 Å². The number of carbonyl (C=O) groups is 1. The fraction of sp³-hybridized carbons (Fsp3) is 0.0714. The van der Waals surface area contributed by atoms with Crippen LogP contribution in [0.2, 0.25) is 0 Å². The van der Waals surface area contributed by atoms with Crippen molar-refractivity contribution in [2.45, 2.75) is 6.42 Å². The van der Waals surface area contributed by atoms with Crippen molar-refractivity contribution in [3.05, 3.63) is 70.2 Å². The first-order chi connectivity index (χ1) is 7.75. The Labute approximate surface area is 103 Å². The molecule has 0 spiro atoms. The van der Waals surface area contributed by atoms with E-state index in [2.05, 4.69) is 15.9 Å². The molecular weight excluding hydrogens is 264 g/mol. The number of Topliss-reactive ketones (excluding diaryl/α,β-unsaturated/α-hetero) is 1. The monoisotopic (exact) mass is 274 g/mol. The fourth-order valence-electron chi connectivity index (χ4n) is 1.56. The molecule has 0 radical (unpaired) electrons. The van der Waals surface area contributed by atoms with E-state index < -0.39 is 0 Å². The van der Waals surface area contributed by atoms with E-state index in [9.17, 15) is 4.79 Å². The van der Waals surface area contributed by atoms with Crippen LogP contribution in [0.3, 0.4) is 0 Å². The molecule has 2 heteroatoms. The smallest absolute Gasteiger partial charge is 0.167 e. The molecule has 80 valence electrons.